The largest absolute Gasteiger partial charge is 0.488 e. The summed E-state index contributed by atoms with van der Waals surface area (Å²) in [6.07, 6.45) is 2.16. The van der Waals surface area contributed by atoms with Crippen LogP contribution in [0.5, 0.6) is 5.75 Å². The SMILES string of the molecule is Cc1ccccc1C(C)COC(=O)Nc1cc(F)c(OCCN2CCCC2=O)c(CN(C)C(=O)CNc2ccc3c(N)nccc3c2)c1. The molecule has 1 aromatic heterocycles. The van der Waals surface area contributed by atoms with Gasteiger partial charge in [-0.1, -0.05) is 31.2 Å². The predicted molar refractivity (Wildman–Crippen MR) is 183 cm³/mol. The van der Waals surface area contributed by atoms with E-state index in [-0.39, 0.29) is 55.5 Å². The van der Waals surface area contributed by atoms with Crippen LogP contribution in [0.25, 0.3) is 10.8 Å². The highest BCUT2D eigenvalue weighted by molar-refractivity contribution is 5.93. The second-order valence-corrected chi connectivity index (χ2v) is 12.0. The Labute approximate surface area is 279 Å². The highest BCUT2D eigenvalue weighted by Crippen LogP contribution is 2.29. The quantitative estimate of drug-likeness (QED) is 0.167. The lowest BCUT2D eigenvalue weighted by molar-refractivity contribution is -0.129. The molecule has 0 aliphatic carbocycles. The molecular weight excluding hydrogens is 615 g/mol. The molecule has 0 saturated carbocycles. The zero-order valence-electron chi connectivity index (χ0n) is 27.4. The van der Waals surface area contributed by atoms with Gasteiger partial charge in [0.05, 0.1) is 19.7 Å². The number of likely N-dealkylation sites (tertiary alicyclic amines) is 1. The molecule has 1 aliphatic rings. The van der Waals surface area contributed by atoms with Crippen molar-refractivity contribution >= 4 is 45.9 Å². The van der Waals surface area contributed by atoms with Crippen LogP contribution in [-0.4, -0.2) is 72.6 Å². The molecule has 0 radical (unpaired) electrons. The lowest BCUT2D eigenvalue weighted by Gasteiger charge is -2.22. The summed E-state index contributed by atoms with van der Waals surface area (Å²) in [5.41, 5.74) is 9.34. The van der Waals surface area contributed by atoms with Crippen molar-refractivity contribution in [2.24, 2.45) is 0 Å². The van der Waals surface area contributed by atoms with E-state index in [4.69, 9.17) is 15.2 Å². The van der Waals surface area contributed by atoms with Crippen molar-refractivity contribution in [3.05, 3.63) is 89.4 Å². The monoisotopic (exact) mass is 656 g/mol. The van der Waals surface area contributed by atoms with E-state index < -0.39 is 11.9 Å². The van der Waals surface area contributed by atoms with Gasteiger partial charge in [0.2, 0.25) is 11.8 Å². The molecule has 3 amide bonds. The third-order valence-corrected chi connectivity index (χ3v) is 8.40. The number of anilines is 3. The van der Waals surface area contributed by atoms with Crippen molar-refractivity contribution in [3.63, 3.8) is 0 Å². The van der Waals surface area contributed by atoms with Crippen LogP contribution >= 0.6 is 0 Å². The van der Waals surface area contributed by atoms with Gasteiger partial charge in [0.15, 0.2) is 11.6 Å². The summed E-state index contributed by atoms with van der Waals surface area (Å²) in [7, 11) is 1.60. The molecule has 1 fully saturated rings. The van der Waals surface area contributed by atoms with Crippen LogP contribution < -0.4 is 21.1 Å². The Morgan fingerprint density at radius 2 is 1.94 bits per heavy atom. The number of nitrogens with one attached hydrogen (secondary N) is 2. The minimum absolute atomic E-state index is 0.00970. The molecule has 11 nitrogen and oxygen atoms in total. The van der Waals surface area contributed by atoms with Crippen LogP contribution in [0.15, 0.2) is 66.9 Å². The van der Waals surface area contributed by atoms with E-state index in [1.54, 1.807) is 24.2 Å². The molecule has 3 aromatic carbocycles. The zero-order valence-corrected chi connectivity index (χ0v) is 27.4. The van der Waals surface area contributed by atoms with Crippen molar-refractivity contribution in [2.45, 2.75) is 39.2 Å². The zero-order chi connectivity index (χ0) is 34.2. The number of rotatable bonds is 13. The number of nitrogen functional groups attached to an aromatic ring is 1. The third-order valence-electron chi connectivity index (χ3n) is 8.40. The number of fused-ring (bicyclic) bond motifs is 1. The van der Waals surface area contributed by atoms with Crippen molar-refractivity contribution in [1.29, 1.82) is 0 Å². The molecule has 1 saturated heterocycles. The summed E-state index contributed by atoms with van der Waals surface area (Å²) >= 11 is 0. The number of hydrogen-bond acceptors (Lipinski definition) is 8. The number of nitrogens with two attached hydrogens (primary N) is 1. The summed E-state index contributed by atoms with van der Waals surface area (Å²) in [5.74, 6) is -0.607. The maximum atomic E-state index is 15.6. The van der Waals surface area contributed by atoms with Crippen LogP contribution in [0.1, 0.15) is 42.4 Å². The summed E-state index contributed by atoms with van der Waals surface area (Å²) in [5, 5.41) is 7.43. The van der Waals surface area contributed by atoms with E-state index in [0.29, 0.717) is 30.9 Å². The molecule has 5 rings (SSSR count). The number of nitrogens with zero attached hydrogens (tertiary/aromatic N) is 3. The first-order valence-corrected chi connectivity index (χ1v) is 15.9. The van der Waals surface area contributed by atoms with Crippen molar-refractivity contribution in [3.8, 4) is 5.75 Å². The fraction of sp³-hybridized carbons (Fsp3) is 0.333. The number of aryl methyl sites for hydroxylation is 1. The number of hydrogen-bond donors (Lipinski definition) is 3. The number of likely N-dealkylation sites (N-methyl/N-ethyl adjacent to an activating group) is 1. The van der Waals surface area contributed by atoms with E-state index in [1.807, 2.05) is 62.4 Å². The Kier molecular flexibility index (Phi) is 10.9. The molecule has 2 heterocycles. The average molecular weight is 657 g/mol. The van der Waals surface area contributed by atoms with Crippen molar-refractivity contribution < 1.29 is 28.2 Å². The molecule has 4 aromatic rings. The standard InChI is InChI=1S/C36H41FN6O5/c1-23-7-4-5-8-29(23)24(2)22-48-36(46)41-28-18-26(34(31(37)19-28)47-16-15-43-14-6-9-32(43)44)21-42(3)33(45)20-40-27-10-11-30-25(17-27)12-13-39-35(30)38/h4-5,7-8,10-13,17-19,24,40H,6,9,14-16,20-22H2,1-3H3,(H2,38,39)(H,41,46). The highest BCUT2D eigenvalue weighted by atomic mass is 19.1. The summed E-state index contributed by atoms with van der Waals surface area (Å²) in [6, 6.07) is 18.0. The normalized spacial score (nSPS) is 13.3. The Bertz CT molecular complexity index is 1800. The second kappa shape index (κ2) is 15.5. The minimum Gasteiger partial charge on any atom is -0.488 e. The first-order chi connectivity index (χ1) is 23.1. The summed E-state index contributed by atoms with van der Waals surface area (Å²) < 4.78 is 26.9. The topological polar surface area (TPSA) is 139 Å². The van der Waals surface area contributed by atoms with Gasteiger partial charge < -0.3 is 30.3 Å². The third kappa shape index (κ3) is 8.49. The Hall–Kier alpha value is -5.39. The number of amides is 3. The second-order valence-electron chi connectivity index (χ2n) is 12.0. The number of carbonyl (C=O) groups excluding carboxylic acids is 3. The van der Waals surface area contributed by atoms with Crippen LogP contribution in [0.2, 0.25) is 0 Å². The number of carbonyl (C=O) groups is 3. The number of aromatic nitrogens is 1. The molecule has 48 heavy (non-hydrogen) atoms. The minimum atomic E-state index is -0.733. The van der Waals surface area contributed by atoms with Gasteiger partial charge in [0.1, 0.15) is 12.4 Å². The molecule has 252 valence electrons. The van der Waals surface area contributed by atoms with Gasteiger partial charge in [-0.2, -0.15) is 0 Å². The molecule has 12 heteroatoms. The van der Waals surface area contributed by atoms with Gasteiger partial charge in [-0.25, -0.2) is 14.2 Å². The summed E-state index contributed by atoms with van der Waals surface area (Å²) in [4.78, 5) is 45.2. The van der Waals surface area contributed by atoms with Crippen molar-refractivity contribution in [2.75, 3.05) is 56.3 Å². The molecule has 1 aliphatic heterocycles. The predicted octanol–water partition coefficient (Wildman–Crippen LogP) is 5.69. The molecule has 1 unspecified atom stereocenters. The highest BCUT2D eigenvalue weighted by Gasteiger charge is 2.22. The molecule has 0 spiro atoms. The van der Waals surface area contributed by atoms with E-state index in [2.05, 4.69) is 15.6 Å². The van der Waals surface area contributed by atoms with Gasteiger partial charge in [0.25, 0.3) is 0 Å². The van der Waals surface area contributed by atoms with Crippen LogP contribution in [-0.2, 0) is 20.9 Å². The van der Waals surface area contributed by atoms with Gasteiger partial charge in [-0.3, -0.25) is 14.9 Å². The number of ether oxygens (including phenoxy) is 2. The van der Waals surface area contributed by atoms with Gasteiger partial charge in [0, 0.05) is 67.1 Å². The Balaban J connectivity index is 1.25. The van der Waals surface area contributed by atoms with E-state index >= 15 is 4.39 Å². The smallest absolute Gasteiger partial charge is 0.411 e. The molecule has 1 atom stereocenters. The Morgan fingerprint density at radius 1 is 1.12 bits per heavy atom. The molecule has 4 N–H and O–H groups in total. The lowest BCUT2D eigenvalue weighted by atomic mass is 9.97. The van der Waals surface area contributed by atoms with Crippen LogP contribution in [0.4, 0.5) is 26.4 Å². The number of benzene rings is 3. The maximum Gasteiger partial charge on any atom is 0.411 e. The first kappa shape index (κ1) is 34.0. The van der Waals surface area contributed by atoms with Gasteiger partial charge in [-0.05, 0) is 60.2 Å². The number of pyridine rings is 1. The fourth-order valence-electron chi connectivity index (χ4n) is 5.75. The maximum absolute atomic E-state index is 15.6. The van der Waals surface area contributed by atoms with E-state index in [1.165, 1.54) is 4.90 Å². The van der Waals surface area contributed by atoms with Crippen LogP contribution in [0, 0.1) is 12.7 Å². The lowest BCUT2D eigenvalue weighted by Crippen LogP contribution is -2.32. The Morgan fingerprint density at radius 3 is 2.71 bits per heavy atom. The summed E-state index contributed by atoms with van der Waals surface area (Å²) in [6.45, 7) is 5.08. The van der Waals surface area contributed by atoms with E-state index in [0.717, 1.165) is 40.1 Å². The van der Waals surface area contributed by atoms with E-state index in [9.17, 15) is 14.4 Å². The first-order valence-electron chi connectivity index (χ1n) is 15.9. The molecule has 0 bridgehead atoms. The average Bonchev–Trinajstić information content (AvgIpc) is 3.48. The van der Waals surface area contributed by atoms with Gasteiger partial charge >= 0.3 is 6.09 Å². The molecular formula is C36H41FN6O5. The van der Waals surface area contributed by atoms with Crippen molar-refractivity contribution in [1.82, 2.24) is 14.8 Å². The fourth-order valence-corrected chi connectivity index (χ4v) is 5.75. The van der Waals surface area contributed by atoms with Gasteiger partial charge in [-0.15, -0.1) is 0 Å². The number of halogens is 1. The van der Waals surface area contributed by atoms with Crippen LogP contribution in [0.3, 0.4) is 0 Å².